The maximum atomic E-state index is 14.2. The van der Waals surface area contributed by atoms with Gasteiger partial charge in [0.25, 0.3) is 11.6 Å². The Balaban J connectivity index is 1.89. The number of benzene rings is 2. The molecule has 0 radical (unpaired) electrons. The van der Waals surface area contributed by atoms with E-state index >= 15 is 0 Å². The van der Waals surface area contributed by atoms with Gasteiger partial charge in [-0.1, -0.05) is 0 Å². The summed E-state index contributed by atoms with van der Waals surface area (Å²) in [5.41, 5.74) is 0.373. The first-order valence-electron chi connectivity index (χ1n) is 8.56. The van der Waals surface area contributed by atoms with Crippen molar-refractivity contribution in [2.45, 2.75) is 20.4 Å². The van der Waals surface area contributed by atoms with Crippen LogP contribution in [0.5, 0.6) is 11.6 Å². The molecule has 1 heterocycles. The predicted molar refractivity (Wildman–Crippen MR) is 100 cm³/mol. The van der Waals surface area contributed by atoms with Crippen LogP contribution in [0.2, 0.25) is 0 Å². The second-order valence-corrected chi connectivity index (χ2v) is 6.03. The monoisotopic (exact) mass is 402 g/mol. The van der Waals surface area contributed by atoms with Crippen molar-refractivity contribution in [1.29, 1.82) is 0 Å². The minimum Gasteiger partial charge on any atom is -0.436 e. The van der Waals surface area contributed by atoms with Gasteiger partial charge in [0.1, 0.15) is 5.82 Å². The summed E-state index contributed by atoms with van der Waals surface area (Å²) >= 11 is 0. The summed E-state index contributed by atoms with van der Waals surface area (Å²) in [5, 5.41) is 17.5. The molecule has 10 heteroatoms. The number of ether oxygens (including phenoxy) is 1. The molecule has 0 spiro atoms. The number of rotatable bonds is 6. The van der Waals surface area contributed by atoms with E-state index < -0.39 is 28.2 Å². The number of amides is 1. The fourth-order valence-corrected chi connectivity index (χ4v) is 2.61. The first-order chi connectivity index (χ1) is 13.8. The van der Waals surface area contributed by atoms with Gasteiger partial charge in [0.05, 0.1) is 11.0 Å². The highest BCUT2D eigenvalue weighted by atomic mass is 19.1. The molecule has 0 unspecified atom stereocenters. The highest BCUT2D eigenvalue weighted by Crippen LogP contribution is 2.31. The molecule has 1 amide bonds. The molecule has 0 aliphatic rings. The molecule has 0 atom stereocenters. The lowest BCUT2D eigenvalue weighted by atomic mass is 10.2. The third-order valence-corrected chi connectivity index (χ3v) is 4.08. The number of nitrogens with zero attached hydrogens (tertiary/aromatic N) is 3. The Kier molecular flexibility index (Phi) is 5.53. The summed E-state index contributed by atoms with van der Waals surface area (Å²) in [6.45, 7) is 3.67. The number of nitrogens with one attached hydrogen (secondary N) is 1. The van der Waals surface area contributed by atoms with Crippen LogP contribution in [0.1, 0.15) is 23.0 Å². The smallest absolute Gasteiger partial charge is 0.276 e. The Labute approximate surface area is 163 Å². The molecule has 0 aliphatic carbocycles. The average molecular weight is 402 g/mol. The van der Waals surface area contributed by atoms with E-state index in [0.29, 0.717) is 17.8 Å². The van der Waals surface area contributed by atoms with Crippen LogP contribution in [0.15, 0.2) is 42.5 Å². The van der Waals surface area contributed by atoms with Crippen LogP contribution in [0, 0.1) is 28.7 Å². The molecular weight excluding hydrogens is 386 g/mol. The molecule has 2 aromatic carbocycles. The lowest BCUT2D eigenvalue weighted by molar-refractivity contribution is -0.385. The third-order valence-electron chi connectivity index (χ3n) is 4.08. The molecule has 150 valence electrons. The van der Waals surface area contributed by atoms with Crippen LogP contribution in [0.25, 0.3) is 0 Å². The number of nitro groups is 1. The number of carbonyl (C=O) groups is 1. The minimum atomic E-state index is -0.917. The SMILES string of the molecule is CCn1nc(C(=O)Nc2ccc(F)cc2)c(C)c1Oc1ccc([N+](=O)[O-])cc1F. The molecule has 1 aromatic heterocycles. The van der Waals surface area contributed by atoms with Crippen molar-refractivity contribution in [2.24, 2.45) is 0 Å². The number of hydrogen-bond acceptors (Lipinski definition) is 5. The number of anilines is 1. The number of aromatic nitrogens is 2. The van der Waals surface area contributed by atoms with Crippen LogP contribution >= 0.6 is 0 Å². The number of hydrogen-bond donors (Lipinski definition) is 1. The highest BCUT2D eigenvalue weighted by molar-refractivity contribution is 6.04. The first-order valence-corrected chi connectivity index (χ1v) is 8.56. The number of carbonyl (C=O) groups excluding carboxylic acids is 1. The van der Waals surface area contributed by atoms with Gasteiger partial charge in [0.15, 0.2) is 17.3 Å². The maximum Gasteiger partial charge on any atom is 0.276 e. The summed E-state index contributed by atoms with van der Waals surface area (Å²) in [7, 11) is 0. The summed E-state index contributed by atoms with van der Waals surface area (Å²) in [6, 6.07) is 8.23. The molecule has 3 rings (SSSR count). The average Bonchev–Trinajstić information content (AvgIpc) is 3.01. The molecule has 1 N–H and O–H groups in total. The fraction of sp³-hybridized carbons (Fsp3) is 0.158. The van der Waals surface area contributed by atoms with E-state index in [1.54, 1.807) is 13.8 Å². The second-order valence-electron chi connectivity index (χ2n) is 6.03. The zero-order valence-electron chi connectivity index (χ0n) is 15.5. The molecule has 29 heavy (non-hydrogen) atoms. The van der Waals surface area contributed by atoms with Crippen LogP contribution in [0.3, 0.4) is 0 Å². The number of aryl methyl sites for hydroxylation is 1. The Bertz CT molecular complexity index is 1080. The van der Waals surface area contributed by atoms with Gasteiger partial charge in [-0.15, -0.1) is 0 Å². The number of nitro benzene ring substituents is 1. The number of halogens is 2. The van der Waals surface area contributed by atoms with Crippen molar-refractivity contribution in [3.63, 3.8) is 0 Å². The third kappa shape index (κ3) is 4.21. The zero-order valence-corrected chi connectivity index (χ0v) is 15.5. The van der Waals surface area contributed by atoms with Crippen molar-refractivity contribution in [3.8, 4) is 11.6 Å². The fourth-order valence-electron chi connectivity index (χ4n) is 2.61. The lowest BCUT2D eigenvalue weighted by Crippen LogP contribution is -2.14. The van der Waals surface area contributed by atoms with E-state index in [2.05, 4.69) is 10.4 Å². The van der Waals surface area contributed by atoms with E-state index in [9.17, 15) is 23.7 Å². The van der Waals surface area contributed by atoms with Gasteiger partial charge in [0, 0.05) is 23.9 Å². The Morgan fingerprint density at radius 1 is 1.24 bits per heavy atom. The molecular formula is C19H16F2N4O4. The van der Waals surface area contributed by atoms with Gasteiger partial charge in [0.2, 0.25) is 5.88 Å². The molecule has 0 saturated heterocycles. The summed E-state index contributed by atoms with van der Waals surface area (Å²) in [4.78, 5) is 22.6. The Morgan fingerprint density at radius 2 is 1.93 bits per heavy atom. The normalized spacial score (nSPS) is 10.6. The van der Waals surface area contributed by atoms with E-state index in [4.69, 9.17) is 4.74 Å². The van der Waals surface area contributed by atoms with Crippen LogP contribution in [-0.4, -0.2) is 20.6 Å². The van der Waals surface area contributed by atoms with Gasteiger partial charge < -0.3 is 10.1 Å². The van der Waals surface area contributed by atoms with E-state index in [1.807, 2.05) is 0 Å². The van der Waals surface area contributed by atoms with Gasteiger partial charge in [-0.3, -0.25) is 14.9 Å². The topological polar surface area (TPSA) is 99.3 Å². The van der Waals surface area contributed by atoms with Crippen molar-refractivity contribution in [2.75, 3.05) is 5.32 Å². The molecule has 3 aromatic rings. The predicted octanol–water partition coefficient (Wildman–Crippen LogP) is 4.44. The lowest BCUT2D eigenvalue weighted by Gasteiger charge is -2.09. The molecule has 0 aliphatic heterocycles. The van der Waals surface area contributed by atoms with E-state index in [1.165, 1.54) is 28.9 Å². The summed E-state index contributed by atoms with van der Waals surface area (Å²) in [6.07, 6.45) is 0. The van der Waals surface area contributed by atoms with Crippen molar-refractivity contribution in [3.05, 3.63) is 75.5 Å². The van der Waals surface area contributed by atoms with Crippen molar-refractivity contribution < 1.29 is 23.2 Å². The van der Waals surface area contributed by atoms with E-state index in [-0.39, 0.29) is 17.3 Å². The minimum absolute atomic E-state index is 0.0495. The van der Waals surface area contributed by atoms with Gasteiger partial charge in [-0.05, 0) is 44.2 Å². The van der Waals surface area contributed by atoms with Crippen LogP contribution < -0.4 is 10.1 Å². The Morgan fingerprint density at radius 3 is 2.52 bits per heavy atom. The Hall–Kier alpha value is -3.82. The highest BCUT2D eigenvalue weighted by Gasteiger charge is 2.23. The van der Waals surface area contributed by atoms with Gasteiger partial charge >= 0.3 is 0 Å². The zero-order chi connectivity index (χ0) is 21.1. The maximum absolute atomic E-state index is 14.2. The molecule has 0 bridgehead atoms. The van der Waals surface area contributed by atoms with E-state index in [0.717, 1.165) is 18.2 Å². The van der Waals surface area contributed by atoms with Crippen LogP contribution in [0.4, 0.5) is 20.2 Å². The largest absolute Gasteiger partial charge is 0.436 e. The second kappa shape index (κ2) is 8.05. The first kappa shape index (κ1) is 19.9. The van der Waals surface area contributed by atoms with Crippen molar-refractivity contribution in [1.82, 2.24) is 9.78 Å². The molecule has 0 fully saturated rings. The van der Waals surface area contributed by atoms with Gasteiger partial charge in [-0.2, -0.15) is 5.10 Å². The number of non-ortho nitro benzene ring substituents is 1. The standard InChI is InChI=1S/C19H16F2N4O4/c1-3-24-19(29-16-9-8-14(25(27)28)10-15(16)21)11(2)17(23-24)18(26)22-13-6-4-12(20)5-7-13/h4-10H,3H2,1-2H3,(H,22,26). The van der Waals surface area contributed by atoms with Crippen LogP contribution in [-0.2, 0) is 6.54 Å². The summed E-state index contributed by atoms with van der Waals surface area (Å²) < 4.78 is 34.1. The molecule has 8 nitrogen and oxygen atoms in total. The van der Waals surface area contributed by atoms with Gasteiger partial charge in [-0.25, -0.2) is 13.5 Å². The summed E-state index contributed by atoms with van der Waals surface area (Å²) in [5.74, 6) is -2.01. The molecule has 0 saturated carbocycles. The quantitative estimate of drug-likeness (QED) is 0.485. The van der Waals surface area contributed by atoms with Crippen molar-refractivity contribution >= 4 is 17.3 Å².